The van der Waals surface area contributed by atoms with Gasteiger partial charge in [0.25, 0.3) is 0 Å². The van der Waals surface area contributed by atoms with Crippen molar-refractivity contribution >= 4 is 11.1 Å². The number of benzene rings is 4. The Morgan fingerprint density at radius 2 is 1.21 bits per heavy atom. The number of fused-ring (bicyclic) bond motifs is 1. The fraction of sp³-hybridized carbons (Fsp3) is 0.114. The van der Waals surface area contributed by atoms with Crippen molar-refractivity contribution in [2.24, 2.45) is 0 Å². The SMILES string of the molecule is Cc1cccc(C)c1-n1ccnc1-c1[c-]ccc2ncoc12.Cc1cccc(C)c1-n1ccnc1-c1[c-]cccc1.[Ir]. The van der Waals surface area contributed by atoms with Crippen LogP contribution in [-0.4, -0.2) is 24.1 Å². The maximum atomic E-state index is 5.53. The fourth-order valence-electron chi connectivity index (χ4n) is 5.25. The summed E-state index contributed by atoms with van der Waals surface area (Å²) in [5, 5.41) is 0. The first kappa shape index (κ1) is 28.9. The Balaban J connectivity index is 0.000000166. The summed E-state index contributed by atoms with van der Waals surface area (Å²) in [6.45, 7) is 8.46. The molecule has 3 aromatic heterocycles. The maximum Gasteiger partial charge on any atom is 0.169 e. The van der Waals surface area contributed by atoms with Gasteiger partial charge in [0.15, 0.2) is 6.39 Å². The molecular weight excluding hydrogens is 699 g/mol. The number of oxazole rings is 1. The van der Waals surface area contributed by atoms with E-state index in [1.54, 1.807) is 6.20 Å². The molecule has 1 radical (unpaired) electrons. The topological polar surface area (TPSA) is 61.7 Å². The van der Waals surface area contributed by atoms with E-state index in [-0.39, 0.29) is 20.1 Å². The predicted octanol–water partition coefficient (Wildman–Crippen LogP) is 8.05. The van der Waals surface area contributed by atoms with Gasteiger partial charge in [-0.1, -0.05) is 42.0 Å². The van der Waals surface area contributed by atoms with Crippen LogP contribution in [0.25, 0.3) is 45.3 Å². The molecule has 7 rings (SSSR count). The summed E-state index contributed by atoms with van der Waals surface area (Å²) < 4.78 is 9.75. The van der Waals surface area contributed by atoms with Crippen molar-refractivity contribution < 1.29 is 24.5 Å². The Labute approximate surface area is 259 Å². The van der Waals surface area contributed by atoms with Crippen LogP contribution in [0, 0.1) is 39.8 Å². The second-order valence-electron chi connectivity index (χ2n) is 9.92. The largest absolute Gasteiger partial charge is 0.490 e. The zero-order chi connectivity index (χ0) is 28.3. The van der Waals surface area contributed by atoms with Crippen LogP contribution in [-0.2, 0) is 20.1 Å². The molecule has 7 heteroatoms. The summed E-state index contributed by atoms with van der Waals surface area (Å²) in [5.74, 6) is 1.73. The standard InChI is InChI=1S/C18H14N3O.C17H15N2.Ir/c1-12-5-3-6-13(2)16(12)21-10-9-19-18(21)14-7-4-8-15-17(14)22-11-20-15;1-13-7-6-8-14(2)16(13)19-12-11-18-17(19)15-9-4-3-5-10-15;/h3-6,8-11H,1-2H3;3-9,11-12H,1-2H3;/q2*-1;. The van der Waals surface area contributed by atoms with Gasteiger partial charge >= 0.3 is 0 Å². The van der Waals surface area contributed by atoms with Crippen LogP contribution < -0.4 is 0 Å². The van der Waals surface area contributed by atoms with E-state index in [1.807, 2.05) is 55.0 Å². The monoisotopic (exact) mass is 728 g/mol. The molecule has 0 saturated heterocycles. The Bertz CT molecular complexity index is 1910. The van der Waals surface area contributed by atoms with Gasteiger partial charge in [0.1, 0.15) is 0 Å². The molecule has 0 bridgehead atoms. The molecule has 0 atom stereocenters. The van der Waals surface area contributed by atoms with Gasteiger partial charge < -0.3 is 13.6 Å². The van der Waals surface area contributed by atoms with E-state index in [9.17, 15) is 0 Å². The first-order chi connectivity index (χ1) is 20.0. The molecule has 0 N–H and O–H groups in total. The zero-order valence-electron chi connectivity index (χ0n) is 23.8. The van der Waals surface area contributed by atoms with Crippen molar-refractivity contribution in [1.82, 2.24) is 24.1 Å². The molecule has 0 saturated carbocycles. The van der Waals surface area contributed by atoms with Gasteiger partial charge in [-0.2, -0.15) is 0 Å². The third kappa shape index (κ3) is 5.49. The van der Waals surface area contributed by atoms with Crippen molar-refractivity contribution in [3.05, 3.63) is 138 Å². The smallest absolute Gasteiger partial charge is 0.169 e. The number of imidazole rings is 2. The van der Waals surface area contributed by atoms with Gasteiger partial charge in [-0.15, -0.1) is 54.1 Å². The van der Waals surface area contributed by atoms with Crippen LogP contribution in [0.1, 0.15) is 22.3 Å². The first-order valence-electron chi connectivity index (χ1n) is 13.4. The van der Waals surface area contributed by atoms with Crippen LogP contribution in [0.5, 0.6) is 0 Å². The fourth-order valence-corrected chi connectivity index (χ4v) is 5.25. The van der Waals surface area contributed by atoms with Crippen molar-refractivity contribution in [1.29, 1.82) is 0 Å². The Morgan fingerprint density at radius 1 is 0.619 bits per heavy atom. The third-order valence-electron chi connectivity index (χ3n) is 7.11. The molecule has 6 nitrogen and oxygen atoms in total. The second kappa shape index (κ2) is 12.5. The van der Waals surface area contributed by atoms with Crippen LogP contribution in [0.4, 0.5) is 0 Å². The van der Waals surface area contributed by atoms with Crippen molar-refractivity contribution in [3.63, 3.8) is 0 Å². The van der Waals surface area contributed by atoms with Crippen molar-refractivity contribution in [2.45, 2.75) is 27.7 Å². The second-order valence-corrected chi connectivity index (χ2v) is 9.92. The van der Waals surface area contributed by atoms with E-state index in [0.717, 1.165) is 34.0 Å². The van der Waals surface area contributed by atoms with Gasteiger partial charge in [-0.05, 0) is 49.9 Å². The molecular formula is C35H29IrN5O-2. The first-order valence-corrected chi connectivity index (χ1v) is 13.4. The third-order valence-corrected chi connectivity index (χ3v) is 7.11. The summed E-state index contributed by atoms with van der Waals surface area (Å²) in [6, 6.07) is 30.7. The number of para-hydroxylation sites is 2. The molecule has 0 aliphatic rings. The molecule has 0 spiro atoms. The van der Waals surface area contributed by atoms with Crippen LogP contribution >= 0.6 is 0 Å². The van der Waals surface area contributed by atoms with Gasteiger partial charge in [-0.3, -0.25) is 9.97 Å². The van der Waals surface area contributed by atoms with Crippen LogP contribution in [0.3, 0.4) is 0 Å². The summed E-state index contributed by atoms with van der Waals surface area (Å²) in [4.78, 5) is 13.2. The molecule has 0 aliphatic heterocycles. The van der Waals surface area contributed by atoms with Crippen molar-refractivity contribution in [3.8, 4) is 34.2 Å². The van der Waals surface area contributed by atoms with Gasteiger partial charge in [-0.25, -0.2) is 4.98 Å². The van der Waals surface area contributed by atoms with Crippen LogP contribution in [0.2, 0.25) is 0 Å². The van der Waals surface area contributed by atoms with E-state index in [1.165, 1.54) is 34.3 Å². The minimum atomic E-state index is 0. The van der Waals surface area contributed by atoms with E-state index in [0.29, 0.717) is 5.58 Å². The molecule has 0 fully saturated rings. The minimum Gasteiger partial charge on any atom is -0.490 e. The summed E-state index contributed by atoms with van der Waals surface area (Å²) >= 11 is 0. The number of rotatable bonds is 4. The molecule has 0 amide bonds. The Kier molecular flexibility index (Phi) is 8.62. The van der Waals surface area contributed by atoms with E-state index < -0.39 is 0 Å². The number of aryl methyl sites for hydroxylation is 4. The summed E-state index contributed by atoms with van der Waals surface area (Å²) in [7, 11) is 0. The zero-order valence-corrected chi connectivity index (χ0v) is 26.2. The summed E-state index contributed by atoms with van der Waals surface area (Å²) in [6.07, 6.45) is 9.06. The molecule has 211 valence electrons. The van der Waals surface area contributed by atoms with E-state index >= 15 is 0 Å². The number of hydrogen-bond acceptors (Lipinski definition) is 4. The molecule has 42 heavy (non-hydrogen) atoms. The van der Waals surface area contributed by atoms with Gasteiger partial charge in [0.05, 0.1) is 17.2 Å². The minimum absolute atomic E-state index is 0. The number of hydrogen-bond donors (Lipinski definition) is 0. The average molecular weight is 728 g/mol. The van der Waals surface area contributed by atoms with Gasteiger partial charge in [0, 0.05) is 61.8 Å². The summed E-state index contributed by atoms with van der Waals surface area (Å²) in [5.41, 5.74) is 10.6. The van der Waals surface area contributed by atoms with Crippen LogP contribution in [0.15, 0.2) is 108 Å². The van der Waals surface area contributed by atoms with E-state index in [4.69, 9.17) is 4.42 Å². The molecule has 7 aromatic rings. The number of aromatic nitrogens is 5. The van der Waals surface area contributed by atoms with Crippen molar-refractivity contribution in [2.75, 3.05) is 0 Å². The predicted molar refractivity (Wildman–Crippen MR) is 162 cm³/mol. The van der Waals surface area contributed by atoms with Gasteiger partial charge in [0.2, 0.25) is 0 Å². The molecule has 4 aromatic carbocycles. The normalized spacial score (nSPS) is 10.7. The molecule has 0 aliphatic carbocycles. The maximum absolute atomic E-state index is 5.53. The Hall–Kier alpha value is -4.58. The van der Waals surface area contributed by atoms with E-state index in [2.05, 4.69) is 100 Å². The molecule has 0 unspecified atom stereocenters. The average Bonchev–Trinajstić information content (AvgIpc) is 3.75. The Morgan fingerprint density at radius 3 is 1.81 bits per heavy atom. The molecule has 3 heterocycles. The number of nitrogens with zero attached hydrogens (tertiary/aromatic N) is 5. The quantitative estimate of drug-likeness (QED) is 0.172.